The van der Waals surface area contributed by atoms with Crippen molar-refractivity contribution in [2.24, 2.45) is 5.41 Å². The van der Waals surface area contributed by atoms with Gasteiger partial charge in [0.2, 0.25) is 0 Å². The molecule has 0 radical (unpaired) electrons. The van der Waals surface area contributed by atoms with E-state index in [-0.39, 0.29) is 23.3 Å². The molecule has 2 heterocycles. The lowest BCUT2D eigenvalue weighted by Gasteiger charge is -2.32. The molecule has 0 N–H and O–H groups in total. The molecule has 1 aliphatic heterocycles. The summed E-state index contributed by atoms with van der Waals surface area (Å²) in [7, 11) is -0.394. The van der Waals surface area contributed by atoms with Crippen LogP contribution in [0.3, 0.4) is 0 Å². The van der Waals surface area contributed by atoms with Crippen LogP contribution in [0.15, 0.2) is 12.4 Å². The lowest BCUT2D eigenvalue weighted by atomic mass is 9.82. The Kier molecular flexibility index (Phi) is 3.03. The molecule has 6 heteroatoms. The van der Waals surface area contributed by atoms with Gasteiger partial charge in [-0.15, -0.1) is 0 Å². The maximum atomic E-state index is 12.9. The van der Waals surface area contributed by atoms with E-state index in [0.717, 1.165) is 18.3 Å². The molecule has 110 valence electrons. The van der Waals surface area contributed by atoms with Gasteiger partial charge in [-0.05, 0) is 40.5 Å². The Balaban J connectivity index is 1.72. The van der Waals surface area contributed by atoms with Gasteiger partial charge in [-0.3, -0.25) is 9.07 Å². The van der Waals surface area contributed by atoms with Crippen molar-refractivity contribution >= 4 is 12.6 Å². The monoisotopic (exact) mass is 280 g/mol. The van der Waals surface area contributed by atoms with Gasteiger partial charge in [-0.25, -0.2) is 0 Å². The number of nitrogens with zero attached hydrogens (tertiary/aromatic N) is 2. The van der Waals surface area contributed by atoms with E-state index in [1.54, 1.807) is 6.20 Å². The topological polar surface area (TPSA) is 36.3 Å². The first-order valence-corrected chi connectivity index (χ1v) is 7.21. The predicted octanol–water partition coefficient (Wildman–Crippen LogP) is 1.93. The number of rotatable bonds is 4. The molecule has 1 aromatic heterocycles. The zero-order chi connectivity index (χ0) is 14.6. The molecule has 0 bridgehead atoms. The highest BCUT2D eigenvalue weighted by molar-refractivity contribution is 6.61. The van der Waals surface area contributed by atoms with Crippen LogP contribution in [0.4, 0.5) is 4.39 Å². The van der Waals surface area contributed by atoms with E-state index in [0.29, 0.717) is 6.54 Å². The fraction of sp³-hybridized carbons (Fsp3) is 0.786. The summed E-state index contributed by atoms with van der Waals surface area (Å²) in [5.41, 5.74) is 0.0322. The average Bonchev–Trinajstić information content (AvgIpc) is 2.89. The van der Waals surface area contributed by atoms with Crippen LogP contribution in [0.1, 0.15) is 40.5 Å². The van der Waals surface area contributed by atoms with Crippen LogP contribution in [0.2, 0.25) is 0 Å². The molecule has 0 aromatic carbocycles. The average molecular weight is 280 g/mol. The smallest absolute Gasteiger partial charge is 0.399 e. The minimum Gasteiger partial charge on any atom is -0.399 e. The largest absolute Gasteiger partial charge is 0.498 e. The van der Waals surface area contributed by atoms with Crippen LogP contribution in [0, 0.1) is 5.41 Å². The fourth-order valence-electron chi connectivity index (χ4n) is 2.42. The predicted molar refractivity (Wildman–Crippen MR) is 75.6 cm³/mol. The number of alkyl halides is 1. The van der Waals surface area contributed by atoms with Crippen LogP contribution in [-0.4, -0.2) is 34.8 Å². The Morgan fingerprint density at radius 1 is 1.25 bits per heavy atom. The molecule has 4 nitrogen and oxygen atoms in total. The molecule has 0 atom stereocenters. The van der Waals surface area contributed by atoms with Gasteiger partial charge in [0.1, 0.15) is 0 Å². The van der Waals surface area contributed by atoms with Crippen molar-refractivity contribution in [1.29, 1.82) is 0 Å². The highest BCUT2D eigenvalue weighted by Gasteiger charge is 2.52. The molecular weight excluding hydrogens is 258 g/mol. The fourth-order valence-corrected chi connectivity index (χ4v) is 2.42. The van der Waals surface area contributed by atoms with Gasteiger partial charge in [0.15, 0.2) is 0 Å². The number of hydrogen-bond donors (Lipinski definition) is 0. The van der Waals surface area contributed by atoms with E-state index in [9.17, 15) is 4.39 Å². The summed E-state index contributed by atoms with van der Waals surface area (Å²) in [6, 6.07) is 0. The van der Waals surface area contributed by atoms with E-state index in [1.807, 2.05) is 38.6 Å². The lowest BCUT2D eigenvalue weighted by molar-refractivity contribution is 0.00578. The van der Waals surface area contributed by atoms with E-state index in [2.05, 4.69) is 5.10 Å². The highest BCUT2D eigenvalue weighted by atomic mass is 19.1. The molecule has 1 saturated heterocycles. The van der Waals surface area contributed by atoms with Gasteiger partial charge < -0.3 is 9.31 Å². The molecule has 2 aliphatic rings. The number of halogens is 1. The zero-order valence-corrected chi connectivity index (χ0v) is 12.6. The van der Waals surface area contributed by atoms with Gasteiger partial charge in [-0.1, -0.05) is 0 Å². The van der Waals surface area contributed by atoms with Crippen LogP contribution < -0.4 is 5.46 Å². The Bertz CT molecular complexity index is 495. The molecule has 1 aromatic rings. The van der Waals surface area contributed by atoms with Crippen LogP contribution in [0.5, 0.6) is 0 Å². The van der Waals surface area contributed by atoms with Crippen molar-refractivity contribution in [3.8, 4) is 0 Å². The van der Waals surface area contributed by atoms with Crippen LogP contribution in [0.25, 0.3) is 0 Å². The zero-order valence-electron chi connectivity index (χ0n) is 12.6. The van der Waals surface area contributed by atoms with Crippen LogP contribution >= 0.6 is 0 Å². The molecule has 20 heavy (non-hydrogen) atoms. The van der Waals surface area contributed by atoms with E-state index >= 15 is 0 Å². The van der Waals surface area contributed by atoms with Crippen molar-refractivity contribution < 1.29 is 13.7 Å². The Morgan fingerprint density at radius 3 is 2.35 bits per heavy atom. The minimum atomic E-state index is -0.394. The van der Waals surface area contributed by atoms with Gasteiger partial charge >= 0.3 is 7.12 Å². The third-order valence-electron chi connectivity index (χ3n) is 4.92. The van der Waals surface area contributed by atoms with Crippen molar-refractivity contribution in [1.82, 2.24) is 9.78 Å². The maximum absolute atomic E-state index is 12.9. The number of aromatic nitrogens is 2. The van der Waals surface area contributed by atoms with E-state index < -0.39 is 7.12 Å². The molecule has 2 fully saturated rings. The van der Waals surface area contributed by atoms with Gasteiger partial charge in [-0.2, -0.15) is 5.10 Å². The molecule has 0 unspecified atom stereocenters. The first-order chi connectivity index (χ1) is 9.27. The first-order valence-electron chi connectivity index (χ1n) is 7.21. The quantitative estimate of drug-likeness (QED) is 0.791. The second kappa shape index (κ2) is 4.31. The third kappa shape index (κ3) is 2.29. The summed E-state index contributed by atoms with van der Waals surface area (Å²) in [5, 5.41) is 4.32. The molecule has 1 saturated carbocycles. The van der Waals surface area contributed by atoms with Crippen molar-refractivity contribution in [2.45, 2.75) is 58.3 Å². The summed E-state index contributed by atoms with van der Waals surface area (Å²) in [6.07, 6.45) is 5.58. The Hall–Kier alpha value is -0.875. The molecule has 0 amide bonds. The summed E-state index contributed by atoms with van der Waals surface area (Å²) < 4.78 is 26.7. The number of hydrogen-bond acceptors (Lipinski definition) is 3. The van der Waals surface area contributed by atoms with Crippen LogP contribution in [-0.2, 0) is 15.9 Å². The second-order valence-electron chi connectivity index (χ2n) is 7.19. The van der Waals surface area contributed by atoms with Gasteiger partial charge in [0.25, 0.3) is 0 Å². The maximum Gasteiger partial charge on any atom is 0.498 e. The van der Waals surface area contributed by atoms with Gasteiger partial charge in [0, 0.05) is 29.8 Å². The van der Waals surface area contributed by atoms with E-state index in [1.165, 1.54) is 0 Å². The highest BCUT2D eigenvalue weighted by Crippen LogP contribution is 2.47. The second-order valence-corrected chi connectivity index (χ2v) is 7.19. The molecule has 1 aliphatic carbocycles. The molecular formula is C14H22BFN2O2. The van der Waals surface area contributed by atoms with Crippen molar-refractivity contribution in [3.05, 3.63) is 12.4 Å². The summed E-state index contributed by atoms with van der Waals surface area (Å²) >= 11 is 0. The third-order valence-corrected chi connectivity index (χ3v) is 4.92. The SMILES string of the molecule is CC1(C)OB(c2cnn(CC3(CF)CC3)c2)OC1(C)C. The van der Waals surface area contributed by atoms with Crippen molar-refractivity contribution in [3.63, 3.8) is 0 Å². The van der Waals surface area contributed by atoms with Crippen molar-refractivity contribution in [2.75, 3.05) is 6.67 Å². The van der Waals surface area contributed by atoms with Gasteiger partial charge in [0.05, 0.1) is 17.9 Å². The van der Waals surface area contributed by atoms with E-state index in [4.69, 9.17) is 9.31 Å². The first kappa shape index (κ1) is 14.1. The molecule has 3 rings (SSSR count). The Morgan fingerprint density at radius 2 is 1.85 bits per heavy atom. The summed E-state index contributed by atoms with van der Waals surface area (Å²) in [5.74, 6) is 0. The standard InChI is InChI=1S/C14H22BFN2O2/c1-12(2)13(3,4)20-15(19-12)11-7-17-18(8-11)10-14(9-16)5-6-14/h7-8H,5-6,9-10H2,1-4H3. The Labute approximate surface area is 119 Å². The minimum absolute atomic E-state index is 0.167. The summed E-state index contributed by atoms with van der Waals surface area (Å²) in [6.45, 7) is 8.49. The molecule has 0 spiro atoms. The summed E-state index contributed by atoms with van der Waals surface area (Å²) in [4.78, 5) is 0. The lowest BCUT2D eigenvalue weighted by Crippen LogP contribution is -2.41. The normalized spacial score (nSPS) is 25.9.